The molecule has 0 spiro atoms. The maximum atomic E-state index is 11.5. The Bertz CT molecular complexity index is 718. The van der Waals surface area contributed by atoms with E-state index in [4.69, 9.17) is 0 Å². The van der Waals surface area contributed by atoms with Crippen molar-refractivity contribution in [2.24, 2.45) is 4.99 Å². The van der Waals surface area contributed by atoms with E-state index in [1.807, 2.05) is 0 Å². The molecular weight excluding hydrogens is 374 g/mol. The summed E-state index contributed by atoms with van der Waals surface area (Å²) in [5, 5.41) is 6.84. The van der Waals surface area contributed by atoms with Crippen LogP contribution in [0.5, 0.6) is 0 Å². The van der Waals surface area contributed by atoms with E-state index in [0.717, 1.165) is 38.7 Å². The Morgan fingerprint density at radius 2 is 1.75 bits per heavy atom. The van der Waals surface area contributed by atoms with Gasteiger partial charge in [-0.2, -0.15) is 0 Å². The van der Waals surface area contributed by atoms with Gasteiger partial charge in [0.2, 0.25) is 0 Å². The van der Waals surface area contributed by atoms with E-state index in [1.165, 1.54) is 18.4 Å². The number of guanidine groups is 1. The van der Waals surface area contributed by atoms with Crippen LogP contribution in [0.15, 0.2) is 35.3 Å². The first-order chi connectivity index (χ1) is 13.6. The van der Waals surface area contributed by atoms with E-state index in [1.54, 1.807) is 7.05 Å². The zero-order chi connectivity index (χ0) is 19.8. The van der Waals surface area contributed by atoms with Gasteiger partial charge in [-0.25, -0.2) is 8.42 Å². The monoisotopic (exact) mass is 407 g/mol. The van der Waals surface area contributed by atoms with E-state index in [2.05, 4.69) is 55.8 Å². The lowest BCUT2D eigenvalue weighted by atomic mass is 10.1. The SMILES string of the molecule is CN=C(NCCN1CCS(=O)(=O)CC1)NCC(c1ccccc1)N1CCCC1. The Kier molecular flexibility index (Phi) is 7.70. The second kappa shape index (κ2) is 10.2. The van der Waals surface area contributed by atoms with Crippen LogP contribution in [0, 0.1) is 0 Å². The minimum absolute atomic E-state index is 0.272. The van der Waals surface area contributed by atoms with Gasteiger partial charge < -0.3 is 10.6 Å². The fraction of sp³-hybridized carbons (Fsp3) is 0.650. The Morgan fingerprint density at radius 3 is 2.39 bits per heavy atom. The van der Waals surface area contributed by atoms with Crippen molar-refractivity contribution in [3.63, 3.8) is 0 Å². The molecule has 2 aliphatic heterocycles. The number of hydrogen-bond donors (Lipinski definition) is 2. The van der Waals surface area contributed by atoms with Gasteiger partial charge in [-0.05, 0) is 31.5 Å². The molecule has 156 valence electrons. The lowest BCUT2D eigenvalue weighted by Gasteiger charge is -2.29. The predicted octanol–water partition coefficient (Wildman–Crippen LogP) is 0.719. The molecular formula is C20H33N5O2S. The van der Waals surface area contributed by atoms with E-state index in [0.29, 0.717) is 19.1 Å². The number of nitrogens with zero attached hydrogens (tertiary/aromatic N) is 3. The van der Waals surface area contributed by atoms with Crippen molar-refractivity contribution in [3.8, 4) is 0 Å². The van der Waals surface area contributed by atoms with Crippen LogP contribution in [0.1, 0.15) is 24.4 Å². The zero-order valence-corrected chi connectivity index (χ0v) is 17.6. The molecule has 2 N–H and O–H groups in total. The number of nitrogens with one attached hydrogen (secondary N) is 2. The molecule has 1 atom stereocenters. The van der Waals surface area contributed by atoms with Gasteiger partial charge in [0, 0.05) is 39.8 Å². The van der Waals surface area contributed by atoms with Crippen molar-refractivity contribution in [3.05, 3.63) is 35.9 Å². The maximum Gasteiger partial charge on any atom is 0.191 e. The quantitative estimate of drug-likeness (QED) is 0.512. The molecule has 0 amide bonds. The number of rotatable bonds is 7. The van der Waals surface area contributed by atoms with Gasteiger partial charge in [-0.15, -0.1) is 0 Å². The fourth-order valence-electron chi connectivity index (χ4n) is 3.91. The Morgan fingerprint density at radius 1 is 1.07 bits per heavy atom. The van der Waals surface area contributed by atoms with Crippen LogP contribution >= 0.6 is 0 Å². The van der Waals surface area contributed by atoms with E-state index in [9.17, 15) is 8.42 Å². The summed E-state index contributed by atoms with van der Waals surface area (Å²) >= 11 is 0. The van der Waals surface area contributed by atoms with Crippen LogP contribution in [-0.4, -0.2) is 88.5 Å². The summed E-state index contributed by atoms with van der Waals surface area (Å²) in [5.41, 5.74) is 1.34. The Balaban J connectivity index is 1.46. The summed E-state index contributed by atoms with van der Waals surface area (Å²) < 4.78 is 23.0. The van der Waals surface area contributed by atoms with Crippen molar-refractivity contribution in [1.82, 2.24) is 20.4 Å². The van der Waals surface area contributed by atoms with E-state index in [-0.39, 0.29) is 11.5 Å². The molecule has 0 saturated carbocycles. The standard InChI is InChI=1S/C20H33N5O2S/c1-21-20(22-9-12-24-13-15-28(26,27)16-14-24)23-17-19(25-10-5-6-11-25)18-7-3-2-4-8-18/h2-4,7-8,19H,5-6,9-17H2,1H3,(H2,21,22,23). The molecule has 8 heteroatoms. The summed E-state index contributed by atoms with van der Waals surface area (Å²) in [5.74, 6) is 1.34. The van der Waals surface area contributed by atoms with Crippen LogP contribution in [0.25, 0.3) is 0 Å². The first-order valence-electron chi connectivity index (χ1n) is 10.2. The van der Waals surface area contributed by atoms with E-state index >= 15 is 0 Å². The molecule has 2 aliphatic rings. The summed E-state index contributed by atoms with van der Waals surface area (Å²) in [6, 6.07) is 11.0. The van der Waals surface area contributed by atoms with Gasteiger partial charge in [0.05, 0.1) is 17.5 Å². The molecule has 2 saturated heterocycles. The third kappa shape index (κ3) is 6.18. The summed E-state index contributed by atoms with van der Waals surface area (Å²) in [6.45, 7) is 5.92. The number of likely N-dealkylation sites (tertiary alicyclic amines) is 1. The molecule has 1 unspecified atom stereocenters. The predicted molar refractivity (Wildman–Crippen MR) is 114 cm³/mol. The number of sulfone groups is 1. The normalized spacial score (nSPS) is 22.1. The zero-order valence-electron chi connectivity index (χ0n) is 16.8. The Hall–Kier alpha value is -1.64. The first kappa shape index (κ1) is 21.1. The van der Waals surface area contributed by atoms with Crippen LogP contribution in [0.2, 0.25) is 0 Å². The highest BCUT2D eigenvalue weighted by Gasteiger charge is 2.24. The lowest BCUT2D eigenvalue weighted by Crippen LogP contribution is -2.47. The van der Waals surface area contributed by atoms with Crippen LogP contribution in [0.3, 0.4) is 0 Å². The molecule has 0 aromatic heterocycles. The van der Waals surface area contributed by atoms with Gasteiger partial charge in [0.15, 0.2) is 15.8 Å². The Labute approximate surface area is 169 Å². The molecule has 2 fully saturated rings. The molecule has 7 nitrogen and oxygen atoms in total. The van der Waals surface area contributed by atoms with Crippen molar-refractivity contribution in [1.29, 1.82) is 0 Å². The highest BCUT2D eigenvalue weighted by molar-refractivity contribution is 7.91. The molecule has 3 rings (SSSR count). The largest absolute Gasteiger partial charge is 0.355 e. The highest BCUT2D eigenvalue weighted by atomic mass is 32.2. The number of hydrogen-bond acceptors (Lipinski definition) is 5. The van der Waals surface area contributed by atoms with Crippen LogP contribution in [0.4, 0.5) is 0 Å². The minimum Gasteiger partial charge on any atom is -0.355 e. The van der Waals surface area contributed by atoms with E-state index < -0.39 is 9.84 Å². The maximum absolute atomic E-state index is 11.5. The molecule has 1 aromatic carbocycles. The average molecular weight is 408 g/mol. The topological polar surface area (TPSA) is 77.0 Å². The first-order valence-corrected chi connectivity index (χ1v) is 12.1. The summed E-state index contributed by atoms with van der Waals surface area (Å²) in [4.78, 5) is 9.09. The van der Waals surface area contributed by atoms with Gasteiger partial charge in [-0.3, -0.25) is 14.8 Å². The van der Waals surface area contributed by atoms with Gasteiger partial charge >= 0.3 is 0 Å². The van der Waals surface area contributed by atoms with Crippen molar-refractivity contribution < 1.29 is 8.42 Å². The van der Waals surface area contributed by atoms with Gasteiger partial charge in [0.25, 0.3) is 0 Å². The number of benzene rings is 1. The van der Waals surface area contributed by atoms with Crippen molar-refractivity contribution in [2.75, 3.05) is 64.4 Å². The molecule has 28 heavy (non-hydrogen) atoms. The minimum atomic E-state index is -2.82. The smallest absolute Gasteiger partial charge is 0.191 e. The van der Waals surface area contributed by atoms with Gasteiger partial charge in [0.1, 0.15) is 0 Å². The van der Waals surface area contributed by atoms with Crippen molar-refractivity contribution in [2.45, 2.75) is 18.9 Å². The average Bonchev–Trinajstić information content (AvgIpc) is 3.23. The van der Waals surface area contributed by atoms with Gasteiger partial charge in [-0.1, -0.05) is 30.3 Å². The van der Waals surface area contributed by atoms with Crippen LogP contribution < -0.4 is 10.6 Å². The third-order valence-electron chi connectivity index (χ3n) is 5.61. The summed E-state index contributed by atoms with van der Waals surface area (Å²) in [6.07, 6.45) is 2.53. The molecule has 2 heterocycles. The number of aliphatic imine (C=N–C) groups is 1. The molecule has 1 aromatic rings. The van der Waals surface area contributed by atoms with Crippen LogP contribution in [-0.2, 0) is 9.84 Å². The fourth-order valence-corrected chi connectivity index (χ4v) is 5.18. The second-order valence-electron chi connectivity index (χ2n) is 7.54. The third-order valence-corrected chi connectivity index (χ3v) is 7.22. The summed E-state index contributed by atoms with van der Waals surface area (Å²) in [7, 11) is -1.03. The highest BCUT2D eigenvalue weighted by Crippen LogP contribution is 2.24. The lowest BCUT2D eigenvalue weighted by molar-refractivity contribution is 0.245. The second-order valence-corrected chi connectivity index (χ2v) is 9.85. The molecule has 0 aliphatic carbocycles. The van der Waals surface area contributed by atoms with Crippen molar-refractivity contribution >= 4 is 15.8 Å². The molecule has 0 bridgehead atoms. The molecule has 0 radical (unpaired) electrons.